The van der Waals surface area contributed by atoms with Crippen molar-refractivity contribution in [3.8, 4) is 0 Å². The maximum atomic E-state index is 12.2. The molecule has 0 aromatic carbocycles. The van der Waals surface area contributed by atoms with Crippen molar-refractivity contribution < 1.29 is 13.2 Å². The molecule has 0 fully saturated rings. The van der Waals surface area contributed by atoms with Crippen LogP contribution in [-0.4, -0.2) is 13.1 Å². The Bertz CT molecular complexity index is 277. The molecular formula is C9H12F3NSi. The molecule has 0 atom stereocenters. The van der Waals surface area contributed by atoms with E-state index in [0.29, 0.717) is 0 Å². The van der Waals surface area contributed by atoms with E-state index in [1.165, 1.54) is 6.07 Å². The second-order valence-electron chi connectivity index (χ2n) is 4.18. The number of rotatable bonds is 1. The first kappa shape index (κ1) is 11.2. The van der Waals surface area contributed by atoms with Gasteiger partial charge in [-0.25, -0.2) is 0 Å². The molecule has 78 valence electrons. The molecule has 0 N–H and O–H groups in total. The zero-order valence-corrected chi connectivity index (χ0v) is 9.31. The first-order valence-corrected chi connectivity index (χ1v) is 7.75. The summed E-state index contributed by atoms with van der Waals surface area (Å²) in [5.41, 5.74) is -0.681. The maximum absolute atomic E-state index is 12.2. The lowest BCUT2D eigenvalue weighted by Gasteiger charge is -2.15. The van der Waals surface area contributed by atoms with Crippen molar-refractivity contribution in [1.82, 2.24) is 4.98 Å². The van der Waals surface area contributed by atoms with E-state index in [1.54, 1.807) is 0 Å². The second kappa shape index (κ2) is 3.38. The minimum atomic E-state index is -4.29. The molecule has 1 nitrogen and oxygen atoms in total. The van der Waals surface area contributed by atoms with Gasteiger partial charge in [0.15, 0.2) is 0 Å². The number of hydrogen-bond acceptors (Lipinski definition) is 1. The third-order valence-corrected chi connectivity index (χ3v) is 3.69. The summed E-state index contributed by atoms with van der Waals surface area (Å²) in [6.07, 6.45) is -3.38. The lowest BCUT2D eigenvalue weighted by atomic mass is 10.3. The highest BCUT2D eigenvalue weighted by molar-refractivity contribution is 6.88. The van der Waals surface area contributed by atoms with Gasteiger partial charge in [0.05, 0.1) is 5.56 Å². The molecule has 1 aromatic rings. The largest absolute Gasteiger partial charge is 0.417 e. The summed E-state index contributed by atoms with van der Waals surface area (Å²) >= 11 is 0. The minimum Gasteiger partial charge on any atom is -0.265 e. The SMILES string of the molecule is C[Si](C)(C)c1ccc(C(F)(F)F)cn1. The highest BCUT2D eigenvalue weighted by atomic mass is 28.3. The van der Waals surface area contributed by atoms with Gasteiger partial charge in [0, 0.05) is 11.5 Å². The van der Waals surface area contributed by atoms with E-state index >= 15 is 0 Å². The topological polar surface area (TPSA) is 12.9 Å². The van der Waals surface area contributed by atoms with Gasteiger partial charge in [-0.05, 0) is 12.1 Å². The maximum Gasteiger partial charge on any atom is 0.417 e. The van der Waals surface area contributed by atoms with Crippen LogP contribution in [0, 0.1) is 0 Å². The van der Waals surface area contributed by atoms with Gasteiger partial charge in [-0.15, -0.1) is 0 Å². The van der Waals surface area contributed by atoms with Crippen molar-refractivity contribution in [2.75, 3.05) is 0 Å². The average Bonchev–Trinajstić information content (AvgIpc) is 2.01. The Morgan fingerprint density at radius 3 is 2.00 bits per heavy atom. The Morgan fingerprint density at radius 2 is 1.71 bits per heavy atom. The van der Waals surface area contributed by atoms with Crippen LogP contribution >= 0.6 is 0 Å². The van der Waals surface area contributed by atoms with Crippen LogP contribution < -0.4 is 5.32 Å². The molecular weight excluding hydrogens is 207 g/mol. The van der Waals surface area contributed by atoms with Gasteiger partial charge < -0.3 is 0 Å². The van der Waals surface area contributed by atoms with Crippen molar-refractivity contribution in [1.29, 1.82) is 0 Å². The highest BCUT2D eigenvalue weighted by Crippen LogP contribution is 2.27. The summed E-state index contributed by atoms with van der Waals surface area (Å²) in [5, 5.41) is 0.797. The van der Waals surface area contributed by atoms with Gasteiger partial charge in [-0.2, -0.15) is 13.2 Å². The zero-order chi connectivity index (χ0) is 11.0. The van der Waals surface area contributed by atoms with Crippen LogP contribution in [0.5, 0.6) is 0 Å². The summed E-state index contributed by atoms with van der Waals surface area (Å²) in [6, 6.07) is 2.58. The molecule has 0 aliphatic rings. The van der Waals surface area contributed by atoms with E-state index in [9.17, 15) is 13.2 Å². The van der Waals surface area contributed by atoms with Gasteiger partial charge in [0.25, 0.3) is 0 Å². The average molecular weight is 219 g/mol. The summed E-state index contributed by atoms with van der Waals surface area (Å²) in [5.74, 6) is 0. The van der Waals surface area contributed by atoms with Gasteiger partial charge in [0.2, 0.25) is 0 Å². The number of alkyl halides is 3. The fraction of sp³-hybridized carbons (Fsp3) is 0.444. The molecule has 0 amide bonds. The smallest absolute Gasteiger partial charge is 0.265 e. The number of nitrogens with zero attached hydrogens (tertiary/aromatic N) is 1. The van der Waals surface area contributed by atoms with E-state index < -0.39 is 19.8 Å². The molecule has 1 aromatic heterocycles. The lowest BCUT2D eigenvalue weighted by molar-refractivity contribution is -0.137. The van der Waals surface area contributed by atoms with Crippen LogP contribution in [0.4, 0.5) is 13.2 Å². The Kier molecular flexibility index (Phi) is 2.71. The van der Waals surface area contributed by atoms with Crippen molar-refractivity contribution in [3.05, 3.63) is 23.9 Å². The molecule has 1 heterocycles. The van der Waals surface area contributed by atoms with E-state index in [-0.39, 0.29) is 0 Å². The molecule has 0 radical (unpaired) electrons. The predicted molar refractivity (Wildman–Crippen MR) is 52.2 cm³/mol. The zero-order valence-electron chi connectivity index (χ0n) is 8.31. The van der Waals surface area contributed by atoms with Crippen LogP contribution in [-0.2, 0) is 6.18 Å². The van der Waals surface area contributed by atoms with Crippen molar-refractivity contribution in [2.24, 2.45) is 0 Å². The molecule has 5 heteroatoms. The van der Waals surface area contributed by atoms with E-state index in [0.717, 1.165) is 17.6 Å². The van der Waals surface area contributed by atoms with Gasteiger partial charge in [0.1, 0.15) is 8.07 Å². The molecule has 0 saturated heterocycles. The molecule has 14 heavy (non-hydrogen) atoms. The Hall–Kier alpha value is -0.843. The first-order valence-electron chi connectivity index (χ1n) is 4.25. The van der Waals surface area contributed by atoms with Gasteiger partial charge in [-0.3, -0.25) is 4.98 Å². The number of pyridine rings is 1. The van der Waals surface area contributed by atoms with Crippen LogP contribution in [0.1, 0.15) is 5.56 Å². The number of hydrogen-bond donors (Lipinski definition) is 0. The van der Waals surface area contributed by atoms with Crippen LogP contribution in [0.3, 0.4) is 0 Å². The molecule has 1 rings (SSSR count). The van der Waals surface area contributed by atoms with Crippen LogP contribution in [0.25, 0.3) is 0 Å². The quantitative estimate of drug-likeness (QED) is 0.662. The standard InChI is InChI=1S/C9H12F3NSi/c1-14(2,3)8-5-4-7(6-13-8)9(10,11)12/h4-6H,1-3H3. The monoisotopic (exact) mass is 219 g/mol. The Balaban J connectivity index is 3.02. The van der Waals surface area contributed by atoms with Crippen LogP contribution in [0.2, 0.25) is 19.6 Å². The molecule has 0 spiro atoms. The van der Waals surface area contributed by atoms with E-state index in [4.69, 9.17) is 0 Å². The molecule has 0 unspecified atom stereocenters. The summed E-state index contributed by atoms with van der Waals surface area (Å²) < 4.78 is 36.6. The van der Waals surface area contributed by atoms with Gasteiger partial charge in [-0.1, -0.05) is 19.6 Å². The highest BCUT2D eigenvalue weighted by Gasteiger charge is 2.31. The molecule has 0 saturated carbocycles. The van der Waals surface area contributed by atoms with Crippen molar-refractivity contribution >= 4 is 13.4 Å². The summed E-state index contributed by atoms with van der Waals surface area (Å²) in [4.78, 5) is 3.86. The van der Waals surface area contributed by atoms with Crippen LogP contribution in [0.15, 0.2) is 18.3 Å². The number of aromatic nitrogens is 1. The minimum absolute atomic E-state index is 0.681. The first-order chi connectivity index (χ1) is 6.21. The normalized spacial score (nSPS) is 13.0. The third-order valence-electron chi connectivity index (χ3n) is 1.86. The Labute approximate surface area is 82.0 Å². The van der Waals surface area contributed by atoms with Gasteiger partial charge >= 0.3 is 6.18 Å². The Morgan fingerprint density at radius 1 is 1.14 bits per heavy atom. The molecule has 0 bridgehead atoms. The second-order valence-corrected chi connectivity index (χ2v) is 9.19. The van der Waals surface area contributed by atoms with Crippen molar-refractivity contribution in [2.45, 2.75) is 25.8 Å². The third kappa shape index (κ3) is 2.57. The van der Waals surface area contributed by atoms with E-state index in [1.807, 2.05) is 19.6 Å². The number of halogens is 3. The van der Waals surface area contributed by atoms with E-state index in [2.05, 4.69) is 4.98 Å². The molecule has 0 aliphatic heterocycles. The fourth-order valence-electron chi connectivity index (χ4n) is 1.01. The lowest BCUT2D eigenvalue weighted by Crippen LogP contribution is -2.39. The molecule has 0 aliphatic carbocycles. The fourth-order valence-corrected chi connectivity index (χ4v) is 2.04. The summed E-state index contributed by atoms with van der Waals surface area (Å²) in [6.45, 7) is 6.13. The van der Waals surface area contributed by atoms with Crippen molar-refractivity contribution in [3.63, 3.8) is 0 Å². The summed E-state index contributed by atoms with van der Waals surface area (Å²) in [7, 11) is -1.59. The predicted octanol–water partition coefficient (Wildman–Crippen LogP) is 2.65.